The van der Waals surface area contributed by atoms with E-state index in [-0.39, 0.29) is 5.92 Å². The van der Waals surface area contributed by atoms with Crippen LogP contribution in [0.15, 0.2) is 12.1 Å². The number of aryl methyl sites for hydroxylation is 3. The Morgan fingerprint density at radius 1 is 1.24 bits per heavy atom. The van der Waals surface area contributed by atoms with Gasteiger partial charge in [-0.2, -0.15) is 0 Å². The number of ketones is 1. The van der Waals surface area contributed by atoms with Gasteiger partial charge in [-0.15, -0.1) is 0 Å². The van der Waals surface area contributed by atoms with Crippen molar-refractivity contribution >= 4 is 5.78 Å². The minimum Gasteiger partial charge on any atom is -0.299 e. The van der Waals surface area contributed by atoms with Crippen molar-refractivity contribution in [1.29, 1.82) is 0 Å². The first-order chi connectivity index (χ1) is 7.99. The van der Waals surface area contributed by atoms with Gasteiger partial charge in [0.25, 0.3) is 0 Å². The van der Waals surface area contributed by atoms with E-state index >= 15 is 0 Å². The summed E-state index contributed by atoms with van der Waals surface area (Å²) >= 11 is 0. The zero-order valence-corrected chi connectivity index (χ0v) is 11.3. The number of carbonyl (C=O) groups excluding carboxylic acids is 1. The van der Waals surface area contributed by atoms with Gasteiger partial charge in [-0.25, -0.2) is 0 Å². The van der Waals surface area contributed by atoms with Gasteiger partial charge in [0, 0.05) is 12.3 Å². The fourth-order valence-electron chi connectivity index (χ4n) is 2.68. The summed E-state index contributed by atoms with van der Waals surface area (Å²) in [4.78, 5) is 12.2. The number of carbonyl (C=O) groups is 1. The van der Waals surface area contributed by atoms with Crippen LogP contribution in [-0.2, 0) is 11.2 Å². The number of Topliss-reactive ketones (excluding diaryl/α,β-unsaturated/α-hetero) is 1. The molecule has 1 aliphatic rings. The van der Waals surface area contributed by atoms with Gasteiger partial charge in [-0.3, -0.25) is 4.79 Å². The molecule has 0 aromatic heterocycles. The monoisotopic (exact) mass is 230 g/mol. The highest BCUT2D eigenvalue weighted by Gasteiger charge is 2.32. The Hall–Kier alpha value is -1.11. The summed E-state index contributed by atoms with van der Waals surface area (Å²) in [6, 6.07) is 4.36. The Morgan fingerprint density at radius 3 is 2.24 bits per heavy atom. The zero-order valence-electron chi connectivity index (χ0n) is 11.3. The van der Waals surface area contributed by atoms with Crippen molar-refractivity contribution in [3.63, 3.8) is 0 Å². The Kier molecular flexibility index (Phi) is 3.37. The van der Waals surface area contributed by atoms with Crippen LogP contribution in [0.4, 0.5) is 0 Å². The normalized spacial score (nSPS) is 16.9. The maximum Gasteiger partial charge on any atom is 0.140 e. The van der Waals surface area contributed by atoms with Gasteiger partial charge in [0.15, 0.2) is 0 Å². The summed E-state index contributed by atoms with van der Waals surface area (Å²) in [6.45, 7) is 8.44. The highest BCUT2D eigenvalue weighted by atomic mass is 16.1. The van der Waals surface area contributed by atoms with Crippen LogP contribution in [0.1, 0.15) is 42.0 Å². The predicted octanol–water partition coefficient (Wildman–Crippen LogP) is 3.77. The SMILES string of the molecule is Cc1cc(C)c(CC(=O)C(C)C2CC2)c(C)c1. The molecule has 0 spiro atoms. The van der Waals surface area contributed by atoms with Crippen molar-refractivity contribution in [2.45, 2.75) is 47.0 Å². The molecule has 0 heterocycles. The first-order valence-corrected chi connectivity index (χ1v) is 6.58. The van der Waals surface area contributed by atoms with Gasteiger partial charge in [0.2, 0.25) is 0 Å². The minimum absolute atomic E-state index is 0.259. The Labute approximate surface area is 104 Å². The Bertz CT molecular complexity index is 418. The molecule has 0 aliphatic heterocycles. The first-order valence-electron chi connectivity index (χ1n) is 6.58. The highest BCUT2D eigenvalue weighted by molar-refractivity contribution is 5.84. The van der Waals surface area contributed by atoms with Crippen LogP contribution in [-0.4, -0.2) is 5.78 Å². The lowest BCUT2D eigenvalue weighted by Crippen LogP contribution is -2.16. The maximum absolute atomic E-state index is 12.2. The fraction of sp³-hybridized carbons (Fsp3) is 0.562. The lowest BCUT2D eigenvalue weighted by molar-refractivity contribution is -0.122. The van der Waals surface area contributed by atoms with Crippen molar-refractivity contribution in [2.75, 3.05) is 0 Å². The van der Waals surface area contributed by atoms with E-state index in [0.717, 1.165) is 0 Å². The third-order valence-corrected chi connectivity index (χ3v) is 4.03. The second kappa shape index (κ2) is 4.64. The summed E-state index contributed by atoms with van der Waals surface area (Å²) < 4.78 is 0. The summed E-state index contributed by atoms with van der Waals surface area (Å²) in [5.41, 5.74) is 5.05. The van der Waals surface area contributed by atoms with Crippen LogP contribution in [0.5, 0.6) is 0 Å². The molecule has 2 rings (SSSR count). The Balaban J connectivity index is 2.15. The van der Waals surface area contributed by atoms with Crippen molar-refractivity contribution in [2.24, 2.45) is 11.8 Å². The zero-order chi connectivity index (χ0) is 12.6. The summed E-state index contributed by atoms with van der Waals surface area (Å²) in [5, 5.41) is 0. The predicted molar refractivity (Wildman–Crippen MR) is 71.3 cm³/mol. The van der Waals surface area contributed by atoms with Crippen molar-refractivity contribution < 1.29 is 4.79 Å². The van der Waals surface area contributed by atoms with Gasteiger partial charge in [0.1, 0.15) is 5.78 Å². The van der Waals surface area contributed by atoms with E-state index in [4.69, 9.17) is 0 Å². The average molecular weight is 230 g/mol. The second-order valence-electron chi connectivity index (χ2n) is 5.65. The third kappa shape index (κ3) is 2.77. The second-order valence-corrected chi connectivity index (χ2v) is 5.65. The molecule has 1 heteroatoms. The fourth-order valence-corrected chi connectivity index (χ4v) is 2.68. The van der Waals surface area contributed by atoms with E-state index in [0.29, 0.717) is 18.1 Å². The third-order valence-electron chi connectivity index (χ3n) is 4.03. The molecular weight excluding hydrogens is 208 g/mol. The molecule has 0 amide bonds. The van der Waals surface area contributed by atoms with Crippen LogP contribution in [0, 0.1) is 32.6 Å². The standard InChI is InChI=1S/C16H22O/c1-10-7-11(2)15(12(3)8-10)9-16(17)13(4)14-5-6-14/h7-8,13-14H,5-6,9H2,1-4H3. The average Bonchev–Trinajstić information content (AvgIpc) is 3.05. The molecule has 1 fully saturated rings. The van der Waals surface area contributed by atoms with Crippen LogP contribution in [0.25, 0.3) is 0 Å². The lowest BCUT2D eigenvalue weighted by atomic mass is 9.90. The highest BCUT2D eigenvalue weighted by Crippen LogP contribution is 2.37. The molecule has 1 atom stereocenters. The van der Waals surface area contributed by atoms with E-state index in [1.54, 1.807) is 0 Å². The van der Waals surface area contributed by atoms with Gasteiger partial charge >= 0.3 is 0 Å². The Morgan fingerprint density at radius 2 is 1.76 bits per heavy atom. The molecule has 1 aromatic carbocycles. The van der Waals surface area contributed by atoms with E-state index in [9.17, 15) is 4.79 Å². The lowest BCUT2D eigenvalue weighted by Gasteiger charge is -2.13. The van der Waals surface area contributed by atoms with Crippen LogP contribution >= 0.6 is 0 Å². The molecule has 1 nitrogen and oxygen atoms in total. The van der Waals surface area contributed by atoms with Crippen molar-refractivity contribution in [3.05, 3.63) is 34.4 Å². The molecule has 92 valence electrons. The number of rotatable bonds is 4. The van der Waals surface area contributed by atoms with E-state index in [1.165, 1.54) is 35.1 Å². The topological polar surface area (TPSA) is 17.1 Å². The number of benzene rings is 1. The molecule has 0 N–H and O–H groups in total. The smallest absolute Gasteiger partial charge is 0.140 e. The molecule has 0 radical (unpaired) electrons. The maximum atomic E-state index is 12.2. The number of hydrogen-bond donors (Lipinski definition) is 0. The van der Waals surface area contributed by atoms with E-state index < -0.39 is 0 Å². The van der Waals surface area contributed by atoms with E-state index in [2.05, 4.69) is 39.8 Å². The quantitative estimate of drug-likeness (QED) is 0.769. The molecule has 1 saturated carbocycles. The van der Waals surface area contributed by atoms with E-state index in [1.807, 2.05) is 0 Å². The van der Waals surface area contributed by atoms with Gasteiger partial charge in [-0.05, 0) is 56.2 Å². The van der Waals surface area contributed by atoms with Crippen molar-refractivity contribution in [3.8, 4) is 0 Å². The van der Waals surface area contributed by atoms with Gasteiger partial charge in [-0.1, -0.05) is 24.6 Å². The molecular formula is C16H22O. The summed E-state index contributed by atoms with van der Waals surface area (Å²) in [6.07, 6.45) is 3.12. The van der Waals surface area contributed by atoms with Crippen molar-refractivity contribution in [1.82, 2.24) is 0 Å². The molecule has 0 saturated heterocycles. The molecule has 17 heavy (non-hydrogen) atoms. The molecule has 1 unspecified atom stereocenters. The van der Waals surface area contributed by atoms with Crippen LogP contribution < -0.4 is 0 Å². The minimum atomic E-state index is 0.259. The summed E-state index contributed by atoms with van der Waals surface area (Å²) in [7, 11) is 0. The van der Waals surface area contributed by atoms with Gasteiger partial charge < -0.3 is 0 Å². The molecule has 1 aromatic rings. The van der Waals surface area contributed by atoms with Crippen LogP contribution in [0.2, 0.25) is 0 Å². The summed E-state index contributed by atoms with van der Waals surface area (Å²) in [5.74, 6) is 1.35. The largest absolute Gasteiger partial charge is 0.299 e. The molecule has 1 aliphatic carbocycles. The first kappa shape index (κ1) is 12.3. The number of hydrogen-bond acceptors (Lipinski definition) is 1. The van der Waals surface area contributed by atoms with Gasteiger partial charge in [0.05, 0.1) is 0 Å². The molecule has 0 bridgehead atoms. The van der Waals surface area contributed by atoms with Crippen LogP contribution in [0.3, 0.4) is 0 Å².